The highest BCUT2D eigenvalue weighted by molar-refractivity contribution is 6.28. The maximum Gasteiger partial charge on any atom is 0.193 e. The van der Waals surface area contributed by atoms with Gasteiger partial charge in [0.15, 0.2) is 5.22 Å². The number of nitrogens with one attached hydrogen (secondary N) is 1. The number of hydrogen-bond donors (Lipinski definition) is 1. The van der Waals surface area contributed by atoms with Crippen LogP contribution in [0, 0.1) is 0 Å². The van der Waals surface area contributed by atoms with Gasteiger partial charge < -0.3 is 9.73 Å². The summed E-state index contributed by atoms with van der Waals surface area (Å²) in [7, 11) is 0. The van der Waals surface area contributed by atoms with Gasteiger partial charge >= 0.3 is 0 Å². The first-order valence-corrected chi connectivity index (χ1v) is 5.51. The number of piperazine rings is 1. The largest absolute Gasteiger partial charge is 0.448 e. The topological polar surface area (TPSA) is 28.4 Å². The highest BCUT2D eigenvalue weighted by Gasteiger charge is 2.21. The summed E-state index contributed by atoms with van der Waals surface area (Å²) in [5.41, 5.74) is 0. The fourth-order valence-electron chi connectivity index (χ4n) is 1.89. The smallest absolute Gasteiger partial charge is 0.193 e. The standard InChI is InChI=1S/C11H15ClN2O/c1-2-9(10-3-4-11(12)15-10)14-7-5-13-6-8-14/h2-4,9,13H,1,5-8H2/t9-/m1/s1. The second kappa shape index (κ2) is 4.84. The molecule has 0 radical (unpaired) electrons. The molecule has 82 valence electrons. The van der Waals surface area contributed by atoms with Crippen molar-refractivity contribution in [2.24, 2.45) is 0 Å². The summed E-state index contributed by atoms with van der Waals surface area (Å²) in [5, 5.41) is 3.75. The van der Waals surface area contributed by atoms with E-state index in [2.05, 4.69) is 16.8 Å². The monoisotopic (exact) mass is 226 g/mol. The van der Waals surface area contributed by atoms with Crippen molar-refractivity contribution < 1.29 is 4.42 Å². The maximum absolute atomic E-state index is 5.77. The Hall–Kier alpha value is -0.770. The quantitative estimate of drug-likeness (QED) is 0.800. The van der Waals surface area contributed by atoms with Crippen LogP contribution in [0.15, 0.2) is 29.2 Å². The van der Waals surface area contributed by atoms with E-state index in [1.54, 1.807) is 6.07 Å². The van der Waals surface area contributed by atoms with Gasteiger partial charge in [0.2, 0.25) is 0 Å². The van der Waals surface area contributed by atoms with Gasteiger partial charge in [0.1, 0.15) is 5.76 Å². The lowest BCUT2D eigenvalue weighted by Crippen LogP contribution is -2.44. The molecule has 1 N–H and O–H groups in total. The molecule has 1 fully saturated rings. The Morgan fingerprint density at radius 1 is 1.47 bits per heavy atom. The van der Waals surface area contributed by atoms with Crippen LogP contribution in [-0.4, -0.2) is 31.1 Å². The van der Waals surface area contributed by atoms with Crippen LogP contribution in [0.4, 0.5) is 0 Å². The van der Waals surface area contributed by atoms with Gasteiger partial charge in [0.25, 0.3) is 0 Å². The minimum absolute atomic E-state index is 0.139. The van der Waals surface area contributed by atoms with E-state index in [0.717, 1.165) is 31.9 Å². The molecule has 0 amide bonds. The molecule has 2 heterocycles. The van der Waals surface area contributed by atoms with Crippen molar-refractivity contribution in [1.29, 1.82) is 0 Å². The van der Waals surface area contributed by atoms with Gasteiger partial charge in [-0.15, -0.1) is 6.58 Å². The van der Waals surface area contributed by atoms with Crippen LogP contribution in [-0.2, 0) is 0 Å². The van der Waals surface area contributed by atoms with Gasteiger partial charge in [-0.2, -0.15) is 0 Å². The van der Waals surface area contributed by atoms with Crippen LogP contribution >= 0.6 is 11.6 Å². The highest BCUT2D eigenvalue weighted by atomic mass is 35.5. The van der Waals surface area contributed by atoms with E-state index < -0.39 is 0 Å². The summed E-state index contributed by atoms with van der Waals surface area (Å²) in [6.07, 6.45) is 1.90. The molecule has 1 aromatic rings. The van der Waals surface area contributed by atoms with Crippen molar-refractivity contribution in [2.45, 2.75) is 6.04 Å². The molecule has 0 aromatic carbocycles. The minimum Gasteiger partial charge on any atom is -0.448 e. The zero-order valence-electron chi connectivity index (χ0n) is 8.58. The summed E-state index contributed by atoms with van der Waals surface area (Å²) in [4.78, 5) is 2.33. The molecule has 1 aliphatic heterocycles. The third kappa shape index (κ3) is 2.43. The van der Waals surface area contributed by atoms with Crippen LogP contribution in [0.5, 0.6) is 0 Å². The Morgan fingerprint density at radius 2 is 2.20 bits per heavy atom. The zero-order valence-corrected chi connectivity index (χ0v) is 9.33. The van der Waals surface area contributed by atoms with E-state index in [9.17, 15) is 0 Å². The number of nitrogens with zero attached hydrogens (tertiary/aromatic N) is 1. The summed E-state index contributed by atoms with van der Waals surface area (Å²) in [6, 6.07) is 3.83. The van der Waals surface area contributed by atoms with E-state index in [1.807, 2.05) is 12.1 Å². The molecule has 0 aliphatic carbocycles. The number of rotatable bonds is 3. The third-order valence-electron chi connectivity index (χ3n) is 2.65. The lowest BCUT2D eigenvalue weighted by molar-refractivity contribution is 0.185. The van der Waals surface area contributed by atoms with Crippen molar-refractivity contribution in [1.82, 2.24) is 10.2 Å². The maximum atomic E-state index is 5.77. The van der Waals surface area contributed by atoms with Crippen molar-refractivity contribution in [3.05, 3.63) is 35.8 Å². The van der Waals surface area contributed by atoms with Gasteiger partial charge in [0.05, 0.1) is 6.04 Å². The van der Waals surface area contributed by atoms with Crippen molar-refractivity contribution in [2.75, 3.05) is 26.2 Å². The van der Waals surface area contributed by atoms with Gasteiger partial charge in [-0.25, -0.2) is 0 Å². The lowest BCUT2D eigenvalue weighted by atomic mass is 10.1. The average Bonchev–Trinajstić information content (AvgIpc) is 2.68. The molecule has 15 heavy (non-hydrogen) atoms. The Balaban J connectivity index is 2.12. The Morgan fingerprint density at radius 3 is 2.73 bits per heavy atom. The Kier molecular flexibility index (Phi) is 3.46. The van der Waals surface area contributed by atoms with Crippen LogP contribution in [0.25, 0.3) is 0 Å². The molecular weight excluding hydrogens is 212 g/mol. The van der Waals surface area contributed by atoms with E-state index >= 15 is 0 Å². The van der Waals surface area contributed by atoms with Crippen LogP contribution in [0.3, 0.4) is 0 Å². The van der Waals surface area contributed by atoms with Crippen LogP contribution in [0.2, 0.25) is 5.22 Å². The summed E-state index contributed by atoms with van der Waals surface area (Å²) in [5.74, 6) is 0.872. The van der Waals surface area contributed by atoms with Crippen LogP contribution in [0.1, 0.15) is 11.8 Å². The van der Waals surface area contributed by atoms with Gasteiger partial charge in [-0.3, -0.25) is 4.90 Å². The Bertz CT molecular complexity index is 331. The van der Waals surface area contributed by atoms with Crippen molar-refractivity contribution in [3.63, 3.8) is 0 Å². The molecule has 0 spiro atoms. The third-order valence-corrected chi connectivity index (χ3v) is 2.86. The first kappa shape index (κ1) is 10.7. The molecular formula is C11H15ClN2O. The number of hydrogen-bond acceptors (Lipinski definition) is 3. The fourth-order valence-corrected chi connectivity index (χ4v) is 2.04. The van der Waals surface area contributed by atoms with E-state index in [0.29, 0.717) is 5.22 Å². The molecule has 0 unspecified atom stereocenters. The van der Waals surface area contributed by atoms with Crippen molar-refractivity contribution in [3.8, 4) is 0 Å². The van der Waals surface area contributed by atoms with Crippen molar-refractivity contribution >= 4 is 11.6 Å². The second-order valence-corrected chi connectivity index (χ2v) is 3.98. The predicted octanol–water partition coefficient (Wildman–Crippen LogP) is 2.07. The molecule has 3 nitrogen and oxygen atoms in total. The predicted molar refractivity (Wildman–Crippen MR) is 61.1 cm³/mol. The lowest BCUT2D eigenvalue weighted by Gasteiger charge is -2.31. The number of halogens is 1. The fraction of sp³-hybridized carbons (Fsp3) is 0.455. The molecule has 4 heteroatoms. The minimum atomic E-state index is 0.139. The van der Waals surface area contributed by atoms with E-state index in [4.69, 9.17) is 16.0 Å². The van der Waals surface area contributed by atoms with E-state index in [-0.39, 0.29) is 6.04 Å². The average molecular weight is 227 g/mol. The summed E-state index contributed by atoms with van der Waals surface area (Å²) < 4.78 is 5.42. The molecule has 1 aromatic heterocycles. The normalized spacial score (nSPS) is 20.1. The van der Waals surface area contributed by atoms with Gasteiger partial charge in [0, 0.05) is 26.2 Å². The van der Waals surface area contributed by atoms with E-state index in [1.165, 1.54) is 0 Å². The SMILES string of the molecule is C=C[C@H](c1ccc(Cl)o1)N1CCNCC1. The first-order valence-electron chi connectivity index (χ1n) is 5.14. The summed E-state index contributed by atoms with van der Waals surface area (Å²) in [6.45, 7) is 7.90. The summed E-state index contributed by atoms with van der Waals surface area (Å²) >= 11 is 5.77. The molecule has 1 atom stereocenters. The molecule has 0 bridgehead atoms. The molecule has 1 saturated heterocycles. The van der Waals surface area contributed by atoms with Gasteiger partial charge in [-0.1, -0.05) is 6.08 Å². The second-order valence-electron chi connectivity index (χ2n) is 3.61. The molecule has 0 saturated carbocycles. The van der Waals surface area contributed by atoms with Crippen LogP contribution < -0.4 is 5.32 Å². The number of furan rings is 1. The highest BCUT2D eigenvalue weighted by Crippen LogP contribution is 2.25. The molecule has 1 aliphatic rings. The molecule has 2 rings (SSSR count). The van der Waals surface area contributed by atoms with Gasteiger partial charge in [-0.05, 0) is 23.7 Å². The first-order chi connectivity index (χ1) is 7.31. The Labute approximate surface area is 94.7 Å². The zero-order chi connectivity index (χ0) is 10.7.